The van der Waals surface area contributed by atoms with Gasteiger partial charge in [-0.15, -0.1) is 0 Å². The molecule has 1 N–H and O–H groups in total. The molecule has 0 radical (unpaired) electrons. The number of unbranched alkanes of at least 4 members (excludes halogenated alkanes) is 2. The Morgan fingerprint density at radius 1 is 1.00 bits per heavy atom. The highest BCUT2D eigenvalue weighted by Gasteiger charge is 2.14. The smallest absolute Gasteiger partial charge is 0.387 e. The molecule has 7 heteroatoms. The third-order valence-electron chi connectivity index (χ3n) is 3.63. The number of benzene rings is 2. The summed E-state index contributed by atoms with van der Waals surface area (Å²) in [5.74, 6) is -0.0330. The number of nitrogens with one attached hydrogen (secondary N) is 1. The molecule has 0 aliphatic rings. The summed E-state index contributed by atoms with van der Waals surface area (Å²) >= 11 is 0. The number of ether oxygens (including phenoxy) is 1. The summed E-state index contributed by atoms with van der Waals surface area (Å²) < 4.78 is 55.6. The fourth-order valence-electron chi connectivity index (χ4n) is 2.33. The molecule has 0 bridgehead atoms. The lowest BCUT2D eigenvalue weighted by atomic mass is 10.1. The van der Waals surface area contributed by atoms with Crippen LogP contribution in [0, 0.1) is 0 Å². The summed E-state index contributed by atoms with van der Waals surface area (Å²) in [6.45, 7) is -0.786. The SMILES string of the molecule is CCCCCc1ccc(S(=O)(=O)Nc2ccc(OC(F)F)cc2)cc1. The van der Waals surface area contributed by atoms with Crippen molar-refractivity contribution < 1.29 is 21.9 Å². The zero-order valence-corrected chi connectivity index (χ0v) is 14.7. The van der Waals surface area contributed by atoms with Crippen molar-refractivity contribution in [1.82, 2.24) is 0 Å². The summed E-state index contributed by atoms with van der Waals surface area (Å²) in [6, 6.07) is 12.0. The van der Waals surface area contributed by atoms with Gasteiger partial charge in [0.05, 0.1) is 4.90 Å². The number of hydrogen-bond donors (Lipinski definition) is 1. The molecule has 2 rings (SSSR count). The molecule has 0 unspecified atom stereocenters. The second-order valence-corrected chi connectivity index (χ2v) is 7.29. The summed E-state index contributed by atoms with van der Waals surface area (Å²) in [7, 11) is -3.73. The van der Waals surface area contributed by atoms with E-state index in [9.17, 15) is 17.2 Å². The molecule has 0 spiro atoms. The van der Waals surface area contributed by atoms with E-state index in [1.165, 1.54) is 24.3 Å². The third kappa shape index (κ3) is 6.01. The molecular weight excluding hydrogens is 348 g/mol. The Labute approximate surface area is 146 Å². The van der Waals surface area contributed by atoms with Gasteiger partial charge in [0.25, 0.3) is 10.0 Å². The highest BCUT2D eigenvalue weighted by atomic mass is 32.2. The molecule has 4 nitrogen and oxygen atoms in total. The zero-order valence-electron chi connectivity index (χ0n) is 13.9. The van der Waals surface area contributed by atoms with Gasteiger partial charge in [-0.05, 0) is 54.8 Å². The fourth-order valence-corrected chi connectivity index (χ4v) is 3.39. The largest absolute Gasteiger partial charge is 0.435 e. The fraction of sp³-hybridized carbons (Fsp3) is 0.333. The monoisotopic (exact) mass is 369 g/mol. The Kier molecular flexibility index (Phi) is 6.75. The van der Waals surface area contributed by atoms with Gasteiger partial charge in [-0.3, -0.25) is 4.72 Å². The highest BCUT2D eigenvalue weighted by molar-refractivity contribution is 7.92. The van der Waals surface area contributed by atoms with Crippen LogP contribution in [-0.4, -0.2) is 15.0 Å². The molecule has 0 fully saturated rings. The van der Waals surface area contributed by atoms with E-state index in [0.717, 1.165) is 31.2 Å². The number of sulfonamides is 1. The first-order valence-electron chi connectivity index (χ1n) is 8.07. The molecule has 0 aromatic heterocycles. The molecule has 0 aliphatic carbocycles. The molecule has 0 heterocycles. The van der Waals surface area contributed by atoms with Crippen molar-refractivity contribution in [3.8, 4) is 5.75 Å². The molecule has 0 amide bonds. The maximum Gasteiger partial charge on any atom is 0.387 e. The Morgan fingerprint density at radius 3 is 2.20 bits per heavy atom. The second kappa shape index (κ2) is 8.80. The summed E-state index contributed by atoms with van der Waals surface area (Å²) in [5.41, 5.74) is 1.37. The van der Waals surface area contributed by atoms with E-state index in [-0.39, 0.29) is 16.3 Å². The van der Waals surface area contributed by atoms with Gasteiger partial charge in [-0.25, -0.2) is 8.42 Å². The van der Waals surface area contributed by atoms with Gasteiger partial charge >= 0.3 is 6.61 Å². The van der Waals surface area contributed by atoms with Crippen LogP contribution in [0.3, 0.4) is 0 Å². The molecule has 0 saturated heterocycles. The zero-order chi connectivity index (χ0) is 18.3. The maximum absolute atomic E-state index is 12.4. The van der Waals surface area contributed by atoms with Crippen LogP contribution < -0.4 is 9.46 Å². The minimum absolute atomic E-state index is 0.0330. The van der Waals surface area contributed by atoms with Crippen molar-refractivity contribution in [3.63, 3.8) is 0 Å². The van der Waals surface area contributed by atoms with E-state index < -0.39 is 16.6 Å². The Morgan fingerprint density at radius 2 is 1.64 bits per heavy atom. The van der Waals surface area contributed by atoms with Crippen LogP contribution in [0.5, 0.6) is 5.75 Å². The van der Waals surface area contributed by atoms with Crippen molar-refractivity contribution >= 4 is 15.7 Å². The lowest BCUT2D eigenvalue weighted by Gasteiger charge is -2.10. The normalized spacial score (nSPS) is 11.5. The standard InChI is InChI=1S/C18H21F2NO3S/c1-2-3-4-5-14-6-12-17(13-7-14)25(22,23)21-15-8-10-16(11-9-15)24-18(19)20/h6-13,18,21H,2-5H2,1H3. The van der Waals surface area contributed by atoms with Crippen molar-refractivity contribution in [2.45, 2.75) is 44.1 Å². The minimum Gasteiger partial charge on any atom is -0.435 e. The van der Waals surface area contributed by atoms with Crippen molar-refractivity contribution in [2.24, 2.45) is 0 Å². The van der Waals surface area contributed by atoms with Gasteiger partial charge in [0.15, 0.2) is 0 Å². The Hall–Kier alpha value is -2.15. The average Bonchev–Trinajstić information content (AvgIpc) is 2.57. The van der Waals surface area contributed by atoms with E-state index in [1.807, 2.05) is 12.1 Å². The number of hydrogen-bond acceptors (Lipinski definition) is 3. The molecule has 2 aromatic carbocycles. The second-order valence-electron chi connectivity index (χ2n) is 5.61. The predicted molar refractivity (Wildman–Crippen MR) is 93.6 cm³/mol. The first-order valence-corrected chi connectivity index (χ1v) is 9.55. The number of anilines is 1. The minimum atomic E-state index is -3.73. The van der Waals surface area contributed by atoms with E-state index in [2.05, 4.69) is 16.4 Å². The molecule has 0 saturated carbocycles. The molecule has 0 aliphatic heterocycles. The number of halogens is 2. The van der Waals surface area contributed by atoms with Crippen LogP contribution in [0.25, 0.3) is 0 Å². The lowest BCUT2D eigenvalue weighted by molar-refractivity contribution is -0.0498. The van der Waals surface area contributed by atoms with Crippen LogP contribution in [-0.2, 0) is 16.4 Å². The molecular formula is C18H21F2NO3S. The summed E-state index contributed by atoms with van der Waals surface area (Å²) in [6.07, 6.45) is 4.28. The molecule has 2 aromatic rings. The quantitative estimate of drug-likeness (QED) is 0.645. The molecule has 136 valence electrons. The van der Waals surface area contributed by atoms with Gasteiger partial charge in [-0.2, -0.15) is 8.78 Å². The summed E-state index contributed by atoms with van der Waals surface area (Å²) in [4.78, 5) is 0.152. The van der Waals surface area contributed by atoms with Crippen molar-refractivity contribution in [3.05, 3.63) is 54.1 Å². The number of aryl methyl sites for hydroxylation is 1. The van der Waals surface area contributed by atoms with Crippen molar-refractivity contribution in [1.29, 1.82) is 0 Å². The first-order chi connectivity index (χ1) is 11.9. The first kappa shape index (κ1) is 19.2. The van der Waals surface area contributed by atoms with Crippen molar-refractivity contribution in [2.75, 3.05) is 4.72 Å². The number of rotatable bonds is 9. The van der Waals surface area contributed by atoms with Crippen LogP contribution in [0.2, 0.25) is 0 Å². The topological polar surface area (TPSA) is 55.4 Å². The van der Waals surface area contributed by atoms with Gasteiger partial charge in [0, 0.05) is 5.69 Å². The van der Waals surface area contributed by atoms with Crippen LogP contribution in [0.4, 0.5) is 14.5 Å². The molecule has 0 atom stereocenters. The van der Waals surface area contributed by atoms with Crippen LogP contribution in [0.15, 0.2) is 53.4 Å². The summed E-state index contributed by atoms with van der Waals surface area (Å²) in [5, 5.41) is 0. The van der Waals surface area contributed by atoms with E-state index in [0.29, 0.717) is 0 Å². The van der Waals surface area contributed by atoms with Crippen LogP contribution >= 0.6 is 0 Å². The Balaban J connectivity index is 2.03. The predicted octanol–water partition coefficient (Wildman–Crippen LogP) is 4.82. The lowest BCUT2D eigenvalue weighted by Crippen LogP contribution is -2.13. The van der Waals surface area contributed by atoms with E-state index >= 15 is 0 Å². The third-order valence-corrected chi connectivity index (χ3v) is 5.03. The van der Waals surface area contributed by atoms with Gasteiger partial charge < -0.3 is 4.74 Å². The van der Waals surface area contributed by atoms with Crippen LogP contribution in [0.1, 0.15) is 31.7 Å². The van der Waals surface area contributed by atoms with E-state index in [1.54, 1.807) is 12.1 Å². The average molecular weight is 369 g/mol. The van der Waals surface area contributed by atoms with Gasteiger partial charge in [0.1, 0.15) is 5.75 Å². The Bertz CT molecular complexity index is 760. The highest BCUT2D eigenvalue weighted by Crippen LogP contribution is 2.21. The van der Waals surface area contributed by atoms with E-state index in [4.69, 9.17) is 0 Å². The maximum atomic E-state index is 12.4. The number of alkyl halides is 2. The molecule has 25 heavy (non-hydrogen) atoms. The van der Waals surface area contributed by atoms with Gasteiger partial charge in [-0.1, -0.05) is 31.9 Å². The van der Waals surface area contributed by atoms with Gasteiger partial charge in [0.2, 0.25) is 0 Å².